The lowest BCUT2D eigenvalue weighted by molar-refractivity contribution is -0.138. The van der Waals surface area contributed by atoms with Gasteiger partial charge in [-0.05, 0) is 25.5 Å². The number of para-hydroxylation sites is 1. The molecule has 126 valence electrons. The number of fused-ring (bicyclic) bond motifs is 1. The van der Waals surface area contributed by atoms with E-state index in [4.69, 9.17) is 9.47 Å². The molecule has 1 fully saturated rings. The van der Waals surface area contributed by atoms with E-state index in [1.54, 1.807) is 11.8 Å². The van der Waals surface area contributed by atoms with Crippen molar-refractivity contribution in [2.24, 2.45) is 0 Å². The monoisotopic (exact) mass is 328 g/mol. The van der Waals surface area contributed by atoms with E-state index in [2.05, 4.69) is 4.98 Å². The van der Waals surface area contributed by atoms with Crippen LogP contribution in [0.5, 0.6) is 0 Å². The summed E-state index contributed by atoms with van der Waals surface area (Å²) in [5.41, 5.74) is 2.70. The minimum atomic E-state index is -0.509. The molecule has 0 spiro atoms. The summed E-state index contributed by atoms with van der Waals surface area (Å²) in [5, 5.41) is 0.912. The van der Waals surface area contributed by atoms with Crippen LogP contribution in [0.15, 0.2) is 24.3 Å². The van der Waals surface area contributed by atoms with Gasteiger partial charge in [-0.1, -0.05) is 18.2 Å². The van der Waals surface area contributed by atoms with Gasteiger partial charge in [-0.25, -0.2) is 4.79 Å². The van der Waals surface area contributed by atoms with Crippen LogP contribution in [-0.4, -0.2) is 54.7 Å². The molecule has 24 heavy (non-hydrogen) atoms. The first-order valence-corrected chi connectivity index (χ1v) is 7.96. The molecule has 1 saturated heterocycles. The minimum absolute atomic E-state index is 0.198. The number of hydrogen-bond acceptors (Lipinski definition) is 5. The highest BCUT2D eigenvalue weighted by Gasteiger charge is 2.21. The first-order chi connectivity index (χ1) is 11.6. The Hall–Kier alpha value is -2.47. The van der Waals surface area contributed by atoms with Gasteiger partial charge in [0.1, 0.15) is 0 Å². The standard InChI is InChI=1S/C18H20N2O4/c1-12-14-5-3-4-6-15(14)19-13(2)17(12)18(22)24-11-16(21)20-7-9-23-10-8-20/h3-6H,7-11H2,1-2H3. The molecule has 0 N–H and O–H groups in total. The van der Waals surface area contributed by atoms with E-state index in [1.165, 1.54) is 0 Å². The smallest absolute Gasteiger partial charge is 0.340 e. The molecule has 0 bridgehead atoms. The third-order valence-electron chi connectivity index (χ3n) is 4.23. The maximum absolute atomic E-state index is 12.5. The van der Waals surface area contributed by atoms with Gasteiger partial charge in [0.2, 0.25) is 0 Å². The molecule has 0 radical (unpaired) electrons. The number of carbonyl (C=O) groups is 2. The van der Waals surface area contributed by atoms with Crippen molar-refractivity contribution < 1.29 is 19.1 Å². The van der Waals surface area contributed by atoms with Gasteiger partial charge in [0.05, 0.1) is 30.0 Å². The molecular formula is C18H20N2O4. The lowest BCUT2D eigenvalue weighted by atomic mass is 10.0. The molecule has 1 aliphatic rings. The average Bonchev–Trinajstić information content (AvgIpc) is 2.60. The summed E-state index contributed by atoms with van der Waals surface area (Å²) in [5.74, 6) is -0.708. The fraction of sp³-hybridized carbons (Fsp3) is 0.389. The van der Waals surface area contributed by atoms with Crippen molar-refractivity contribution in [3.63, 3.8) is 0 Å². The third kappa shape index (κ3) is 3.23. The maximum Gasteiger partial charge on any atom is 0.340 e. The number of esters is 1. The Morgan fingerprint density at radius 3 is 2.67 bits per heavy atom. The highest BCUT2D eigenvalue weighted by atomic mass is 16.5. The molecule has 1 amide bonds. The Morgan fingerprint density at radius 2 is 1.92 bits per heavy atom. The van der Waals surface area contributed by atoms with Crippen LogP contribution in [-0.2, 0) is 14.3 Å². The minimum Gasteiger partial charge on any atom is -0.452 e. The number of benzene rings is 1. The molecule has 1 aromatic carbocycles. The zero-order chi connectivity index (χ0) is 17.1. The topological polar surface area (TPSA) is 68.7 Å². The van der Waals surface area contributed by atoms with E-state index in [9.17, 15) is 9.59 Å². The quantitative estimate of drug-likeness (QED) is 0.805. The van der Waals surface area contributed by atoms with Crippen LogP contribution in [0.4, 0.5) is 0 Å². The molecule has 3 rings (SSSR count). The summed E-state index contributed by atoms with van der Waals surface area (Å²) >= 11 is 0. The SMILES string of the molecule is Cc1nc2ccccc2c(C)c1C(=O)OCC(=O)N1CCOCC1. The number of hydrogen-bond donors (Lipinski definition) is 0. The number of pyridine rings is 1. The van der Waals surface area contributed by atoms with Crippen molar-refractivity contribution in [1.82, 2.24) is 9.88 Å². The van der Waals surface area contributed by atoms with Crippen LogP contribution >= 0.6 is 0 Å². The fourth-order valence-corrected chi connectivity index (χ4v) is 2.94. The van der Waals surface area contributed by atoms with E-state index in [0.29, 0.717) is 37.6 Å². The second kappa shape index (κ2) is 6.97. The van der Waals surface area contributed by atoms with Crippen molar-refractivity contribution >= 4 is 22.8 Å². The van der Waals surface area contributed by atoms with Gasteiger partial charge in [-0.3, -0.25) is 9.78 Å². The van der Waals surface area contributed by atoms with Crippen LogP contribution in [0.2, 0.25) is 0 Å². The van der Waals surface area contributed by atoms with Crippen LogP contribution < -0.4 is 0 Å². The van der Waals surface area contributed by atoms with Crippen molar-refractivity contribution in [3.8, 4) is 0 Å². The largest absolute Gasteiger partial charge is 0.452 e. The van der Waals surface area contributed by atoms with Crippen molar-refractivity contribution in [1.29, 1.82) is 0 Å². The van der Waals surface area contributed by atoms with Crippen LogP contribution in [0.1, 0.15) is 21.6 Å². The predicted molar refractivity (Wildman–Crippen MR) is 88.9 cm³/mol. The van der Waals surface area contributed by atoms with Crippen molar-refractivity contribution in [2.75, 3.05) is 32.9 Å². The summed E-state index contributed by atoms with van der Waals surface area (Å²) in [6, 6.07) is 7.65. The van der Waals surface area contributed by atoms with E-state index in [1.807, 2.05) is 31.2 Å². The molecule has 6 heteroatoms. The van der Waals surface area contributed by atoms with Crippen molar-refractivity contribution in [3.05, 3.63) is 41.1 Å². The first-order valence-electron chi connectivity index (χ1n) is 7.96. The molecule has 2 aromatic rings. The molecule has 0 saturated carbocycles. The summed E-state index contributed by atoms with van der Waals surface area (Å²) in [4.78, 5) is 30.7. The summed E-state index contributed by atoms with van der Waals surface area (Å²) in [6.45, 7) is 5.50. The number of morpholine rings is 1. The van der Waals surface area contributed by atoms with Gasteiger partial charge < -0.3 is 14.4 Å². The molecule has 0 unspecified atom stereocenters. The number of aromatic nitrogens is 1. The van der Waals surface area contributed by atoms with Gasteiger partial charge >= 0.3 is 5.97 Å². The average molecular weight is 328 g/mol. The highest BCUT2D eigenvalue weighted by molar-refractivity contribution is 5.99. The zero-order valence-electron chi connectivity index (χ0n) is 13.9. The number of aryl methyl sites for hydroxylation is 2. The summed E-state index contributed by atoms with van der Waals surface area (Å²) < 4.78 is 10.4. The molecule has 1 aromatic heterocycles. The first kappa shape index (κ1) is 16.4. The second-order valence-electron chi connectivity index (χ2n) is 5.78. The van der Waals surface area contributed by atoms with E-state index in [-0.39, 0.29) is 12.5 Å². The Balaban J connectivity index is 1.75. The van der Waals surface area contributed by atoms with Crippen LogP contribution in [0.25, 0.3) is 10.9 Å². The van der Waals surface area contributed by atoms with Gasteiger partial charge in [0.15, 0.2) is 6.61 Å². The van der Waals surface area contributed by atoms with Gasteiger partial charge in [0, 0.05) is 18.5 Å². The van der Waals surface area contributed by atoms with E-state index in [0.717, 1.165) is 16.5 Å². The van der Waals surface area contributed by atoms with E-state index >= 15 is 0 Å². The predicted octanol–water partition coefficient (Wildman–Crippen LogP) is 1.87. The number of ether oxygens (including phenoxy) is 2. The normalized spacial score (nSPS) is 14.7. The summed E-state index contributed by atoms with van der Waals surface area (Å²) in [7, 11) is 0. The summed E-state index contributed by atoms with van der Waals surface area (Å²) in [6.07, 6.45) is 0. The van der Waals surface area contributed by atoms with Crippen molar-refractivity contribution in [2.45, 2.75) is 13.8 Å². The third-order valence-corrected chi connectivity index (χ3v) is 4.23. The Kier molecular flexibility index (Phi) is 4.76. The number of carbonyl (C=O) groups excluding carboxylic acids is 2. The molecule has 1 aliphatic heterocycles. The lowest BCUT2D eigenvalue weighted by Gasteiger charge is -2.26. The Labute approximate surface area is 140 Å². The highest BCUT2D eigenvalue weighted by Crippen LogP contribution is 2.23. The zero-order valence-corrected chi connectivity index (χ0v) is 13.9. The number of rotatable bonds is 3. The Morgan fingerprint density at radius 1 is 1.21 bits per heavy atom. The van der Waals surface area contributed by atoms with Crippen LogP contribution in [0.3, 0.4) is 0 Å². The fourth-order valence-electron chi connectivity index (χ4n) is 2.94. The van der Waals surface area contributed by atoms with Gasteiger partial charge in [0.25, 0.3) is 5.91 Å². The molecule has 0 atom stereocenters. The molecule has 0 aliphatic carbocycles. The molecule has 6 nitrogen and oxygen atoms in total. The molecular weight excluding hydrogens is 308 g/mol. The van der Waals surface area contributed by atoms with Crippen LogP contribution in [0, 0.1) is 13.8 Å². The van der Waals surface area contributed by atoms with E-state index < -0.39 is 5.97 Å². The lowest BCUT2D eigenvalue weighted by Crippen LogP contribution is -2.42. The maximum atomic E-state index is 12.5. The number of amides is 1. The molecule has 2 heterocycles. The van der Waals surface area contributed by atoms with Gasteiger partial charge in [-0.15, -0.1) is 0 Å². The Bertz CT molecular complexity index is 782. The van der Waals surface area contributed by atoms with Gasteiger partial charge in [-0.2, -0.15) is 0 Å². The second-order valence-corrected chi connectivity index (χ2v) is 5.78. The number of nitrogens with zero attached hydrogens (tertiary/aromatic N) is 2.